The van der Waals surface area contributed by atoms with Crippen molar-refractivity contribution in [3.05, 3.63) is 74.8 Å². The molecule has 0 aliphatic heterocycles. The minimum Gasteiger partial charge on any atom is -0.313 e. The van der Waals surface area contributed by atoms with Crippen molar-refractivity contribution in [2.45, 2.75) is 27.2 Å². The topological polar surface area (TPSA) is 39.1 Å². The molecule has 0 fully saturated rings. The third kappa shape index (κ3) is 3.92. The fourth-order valence-corrected chi connectivity index (χ4v) is 3.85. The number of nitrogens with zero attached hydrogens (tertiary/aromatic N) is 1. The van der Waals surface area contributed by atoms with Crippen molar-refractivity contribution in [1.82, 2.24) is 4.57 Å². The third-order valence-corrected chi connectivity index (χ3v) is 5.27. The van der Waals surface area contributed by atoms with E-state index in [9.17, 15) is 9.59 Å². The molecule has 0 saturated carbocycles. The lowest BCUT2D eigenvalue weighted by Gasteiger charge is -2.14. The van der Waals surface area contributed by atoms with E-state index in [-0.39, 0.29) is 18.0 Å². The second kappa shape index (κ2) is 7.83. The number of aromatic nitrogens is 1. The molecule has 2 aromatic carbocycles. The maximum atomic E-state index is 12.5. The van der Waals surface area contributed by atoms with E-state index in [1.165, 1.54) is 0 Å². The molecule has 0 radical (unpaired) electrons. The first-order valence-electron chi connectivity index (χ1n) is 8.56. The molecule has 138 valence electrons. The summed E-state index contributed by atoms with van der Waals surface area (Å²) in [5.41, 5.74) is 4.90. The Kier molecular flexibility index (Phi) is 5.68. The van der Waals surface area contributed by atoms with Gasteiger partial charge in [0.15, 0.2) is 5.78 Å². The van der Waals surface area contributed by atoms with Gasteiger partial charge in [0.25, 0.3) is 0 Å². The van der Waals surface area contributed by atoms with E-state index in [4.69, 9.17) is 11.6 Å². The van der Waals surface area contributed by atoms with E-state index < -0.39 is 0 Å². The molecule has 0 saturated heterocycles. The van der Waals surface area contributed by atoms with Crippen LogP contribution in [0.25, 0.3) is 16.9 Å². The Bertz CT molecular complexity index is 1020. The molecule has 27 heavy (non-hydrogen) atoms. The summed E-state index contributed by atoms with van der Waals surface area (Å²) < 4.78 is 3.00. The van der Waals surface area contributed by atoms with E-state index in [1.807, 2.05) is 60.0 Å². The zero-order valence-corrected chi connectivity index (χ0v) is 17.7. The number of hydrogen-bond acceptors (Lipinski definition) is 2. The first kappa shape index (κ1) is 19.6. The molecule has 0 spiro atoms. The quantitative estimate of drug-likeness (QED) is 0.439. The monoisotopic (exact) mass is 443 g/mol. The van der Waals surface area contributed by atoms with Gasteiger partial charge in [-0.1, -0.05) is 39.7 Å². The van der Waals surface area contributed by atoms with E-state index in [0.717, 1.165) is 32.7 Å². The van der Waals surface area contributed by atoms with E-state index in [2.05, 4.69) is 15.9 Å². The molecule has 3 rings (SSSR count). The molecule has 0 bridgehead atoms. The summed E-state index contributed by atoms with van der Waals surface area (Å²) in [4.78, 5) is 24.4. The predicted molar refractivity (Wildman–Crippen MR) is 113 cm³/mol. The van der Waals surface area contributed by atoms with Crippen LogP contribution in [-0.4, -0.2) is 16.1 Å². The van der Waals surface area contributed by atoms with Crippen LogP contribution in [0.1, 0.15) is 35.5 Å². The van der Waals surface area contributed by atoms with Crippen LogP contribution in [0, 0.1) is 6.92 Å². The molecule has 0 atom stereocenters. The lowest BCUT2D eigenvalue weighted by molar-refractivity contribution is -0.116. The first-order valence-corrected chi connectivity index (χ1v) is 9.73. The van der Waals surface area contributed by atoms with Gasteiger partial charge in [-0.25, -0.2) is 0 Å². The molecule has 3 aromatic rings. The van der Waals surface area contributed by atoms with Gasteiger partial charge >= 0.3 is 0 Å². The van der Waals surface area contributed by atoms with Gasteiger partial charge in [0.2, 0.25) is 0 Å². The standard InChI is InChI=1S/C22H19BrClNO2/c1-13(26)12-20-21(15(3)27)14(2)25(19-10-8-18(24)9-11-19)22(20)16-4-6-17(23)7-5-16/h4-11H,12H2,1-3H3. The van der Waals surface area contributed by atoms with Gasteiger partial charge in [-0.2, -0.15) is 0 Å². The van der Waals surface area contributed by atoms with Gasteiger partial charge < -0.3 is 4.57 Å². The van der Waals surface area contributed by atoms with Gasteiger partial charge in [-0.15, -0.1) is 0 Å². The zero-order valence-electron chi connectivity index (χ0n) is 15.3. The maximum absolute atomic E-state index is 12.5. The Balaban J connectivity index is 2.40. The number of ketones is 2. The lowest BCUT2D eigenvalue weighted by Crippen LogP contribution is -2.04. The smallest absolute Gasteiger partial charge is 0.161 e. The largest absolute Gasteiger partial charge is 0.313 e. The summed E-state index contributed by atoms with van der Waals surface area (Å²) in [6.45, 7) is 5.01. The summed E-state index contributed by atoms with van der Waals surface area (Å²) >= 11 is 9.52. The van der Waals surface area contributed by atoms with Crippen molar-refractivity contribution in [1.29, 1.82) is 0 Å². The van der Waals surface area contributed by atoms with E-state index in [0.29, 0.717) is 10.6 Å². The lowest BCUT2D eigenvalue weighted by atomic mass is 9.97. The number of carbonyl (C=O) groups is 2. The Morgan fingerprint density at radius 2 is 1.59 bits per heavy atom. The van der Waals surface area contributed by atoms with Crippen molar-refractivity contribution in [2.75, 3.05) is 0 Å². The molecule has 0 aliphatic carbocycles. The third-order valence-electron chi connectivity index (χ3n) is 4.49. The van der Waals surface area contributed by atoms with Gasteiger partial charge in [-0.3, -0.25) is 9.59 Å². The number of hydrogen-bond donors (Lipinski definition) is 0. The van der Waals surface area contributed by atoms with Gasteiger partial charge in [0, 0.05) is 32.9 Å². The molecular weight excluding hydrogens is 426 g/mol. The average molecular weight is 445 g/mol. The molecule has 0 unspecified atom stereocenters. The number of benzene rings is 2. The first-order chi connectivity index (χ1) is 12.8. The van der Waals surface area contributed by atoms with Crippen molar-refractivity contribution in [2.24, 2.45) is 0 Å². The minimum absolute atomic E-state index is 0.0177. The van der Waals surface area contributed by atoms with Crippen molar-refractivity contribution >= 4 is 39.1 Å². The fraction of sp³-hybridized carbons (Fsp3) is 0.182. The molecule has 0 N–H and O–H groups in total. The highest BCUT2D eigenvalue weighted by Gasteiger charge is 2.25. The summed E-state index contributed by atoms with van der Waals surface area (Å²) in [6.07, 6.45) is 0.210. The van der Waals surface area contributed by atoms with E-state index in [1.54, 1.807) is 13.8 Å². The highest BCUT2D eigenvalue weighted by Crippen LogP contribution is 2.36. The number of Topliss-reactive ketones (excluding diaryl/α,β-unsaturated/α-hetero) is 2. The molecular formula is C22H19BrClNO2. The second-order valence-electron chi connectivity index (χ2n) is 6.54. The molecule has 5 heteroatoms. The minimum atomic E-state index is -0.0465. The summed E-state index contributed by atoms with van der Waals surface area (Å²) in [7, 11) is 0. The fourth-order valence-electron chi connectivity index (χ4n) is 3.46. The van der Waals surface area contributed by atoms with Crippen LogP contribution in [0.3, 0.4) is 0 Å². The normalized spacial score (nSPS) is 10.9. The molecule has 1 heterocycles. The Labute approximate surface area is 172 Å². The zero-order chi connectivity index (χ0) is 19.7. The highest BCUT2D eigenvalue weighted by molar-refractivity contribution is 9.10. The molecule has 3 nitrogen and oxygen atoms in total. The van der Waals surface area contributed by atoms with Gasteiger partial charge in [-0.05, 0) is 68.3 Å². The SMILES string of the molecule is CC(=O)Cc1c(C(C)=O)c(C)n(-c2ccc(Cl)cc2)c1-c1ccc(Br)cc1. The van der Waals surface area contributed by atoms with Crippen LogP contribution in [0.4, 0.5) is 0 Å². The maximum Gasteiger partial charge on any atom is 0.161 e. The predicted octanol–water partition coefficient (Wildman–Crippen LogP) is 6.20. The van der Waals surface area contributed by atoms with Gasteiger partial charge in [0.1, 0.15) is 5.78 Å². The Morgan fingerprint density at radius 1 is 1.00 bits per heavy atom. The van der Waals surface area contributed by atoms with Crippen LogP contribution in [0.2, 0.25) is 5.02 Å². The van der Waals surface area contributed by atoms with Crippen molar-refractivity contribution in [3.63, 3.8) is 0 Å². The Morgan fingerprint density at radius 3 is 2.11 bits per heavy atom. The van der Waals surface area contributed by atoms with E-state index >= 15 is 0 Å². The van der Waals surface area contributed by atoms with Crippen molar-refractivity contribution in [3.8, 4) is 16.9 Å². The van der Waals surface area contributed by atoms with Crippen LogP contribution < -0.4 is 0 Å². The summed E-state index contributed by atoms with van der Waals surface area (Å²) in [5, 5.41) is 0.643. The Hall–Kier alpha value is -2.17. The molecule has 0 aliphatic rings. The average Bonchev–Trinajstić information content (AvgIpc) is 2.88. The highest BCUT2D eigenvalue weighted by atomic mass is 79.9. The number of rotatable bonds is 5. The summed E-state index contributed by atoms with van der Waals surface area (Å²) in [5.74, 6) is -0.0288. The van der Waals surface area contributed by atoms with Crippen molar-refractivity contribution < 1.29 is 9.59 Å². The summed E-state index contributed by atoms with van der Waals surface area (Å²) in [6, 6.07) is 15.3. The van der Waals surface area contributed by atoms with Gasteiger partial charge in [0.05, 0.1) is 5.69 Å². The van der Waals surface area contributed by atoms with Crippen LogP contribution in [0.5, 0.6) is 0 Å². The molecule has 0 amide bonds. The number of carbonyl (C=O) groups excluding carboxylic acids is 2. The second-order valence-corrected chi connectivity index (χ2v) is 7.89. The van der Waals surface area contributed by atoms with Crippen LogP contribution >= 0.6 is 27.5 Å². The molecule has 1 aromatic heterocycles. The van der Waals surface area contributed by atoms with Crippen LogP contribution in [-0.2, 0) is 11.2 Å². The van der Waals surface area contributed by atoms with Crippen LogP contribution in [0.15, 0.2) is 53.0 Å². The number of halogens is 2.